The lowest BCUT2D eigenvalue weighted by Crippen LogP contribution is -2.42. The van der Waals surface area contributed by atoms with Crippen molar-refractivity contribution >= 4 is 21.9 Å². The van der Waals surface area contributed by atoms with E-state index in [-0.39, 0.29) is 28.2 Å². The lowest BCUT2D eigenvalue weighted by atomic mass is 10.1. The second-order valence-corrected chi connectivity index (χ2v) is 8.78. The van der Waals surface area contributed by atoms with Crippen LogP contribution in [0.1, 0.15) is 48.9 Å². The second-order valence-electron chi connectivity index (χ2n) is 7.10. The molecular weight excluding hydrogens is 372 g/mol. The average Bonchev–Trinajstić information content (AvgIpc) is 3.35. The van der Waals surface area contributed by atoms with E-state index >= 15 is 0 Å². The molecule has 2 saturated carbocycles. The van der Waals surface area contributed by atoms with Gasteiger partial charge in [-0.25, -0.2) is 17.9 Å². The number of aliphatic carboxylic acids is 1. The van der Waals surface area contributed by atoms with Crippen molar-refractivity contribution in [2.45, 2.75) is 55.5 Å². The highest BCUT2D eigenvalue weighted by Gasteiger charge is 2.37. The van der Waals surface area contributed by atoms with E-state index in [4.69, 9.17) is 4.74 Å². The SMILES string of the molecule is COc1ccc(C(=O)NC(C(=O)O)C2CC2)cc1S(=O)(=O)NC1CCCC1. The Kier molecular flexibility index (Phi) is 5.71. The molecule has 2 aliphatic carbocycles. The van der Waals surface area contributed by atoms with Gasteiger partial charge in [0.2, 0.25) is 10.0 Å². The molecule has 3 N–H and O–H groups in total. The van der Waals surface area contributed by atoms with Gasteiger partial charge >= 0.3 is 5.97 Å². The number of nitrogens with one attached hydrogen (secondary N) is 2. The van der Waals surface area contributed by atoms with Crippen LogP contribution in [-0.2, 0) is 14.8 Å². The third-order valence-corrected chi connectivity index (χ3v) is 6.58. The summed E-state index contributed by atoms with van der Waals surface area (Å²) < 4.78 is 33.4. The Balaban J connectivity index is 1.84. The molecule has 27 heavy (non-hydrogen) atoms. The first-order chi connectivity index (χ1) is 12.8. The van der Waals surface area contributed by atoms with Gasteiger partial charge in [0.1, 0.15) is 16.7 Å². The molecule has 0 aromatic heterocycles. The van der Waals surface area contributed by atoms with Crippen LogP contribution in [-0.4, -0.2) is 44.6 Å². The molecule has 0 aliphatic heterocycles. The van der Waals surface area contributed by atoms with Crippen LogP contribution in [0.5, 0.6) is 5.75 Å². The van der Waals surface area contributed by atoms with Gasteiger partial charge in [-0.05, 0) is 49.8 Å². The quantitative estimate of drug-likeness (QED) is 0.612. The number of carboxylic acid groups (broad SMARTS) is 1. The Morgan fingerprint density at radius 3 is 2.41 bits per heavy atom. The van der Waals surface area contributed by atoms with Crippen LogP contribution in [0.25, 0.3) is 0 Å². The average molecular weight is 396 g/mol. The van der Waals surface area contributed by atoms with Gasteiger partial charge in [0.25, 0.3) is 5.91 Å². The first-order valence-corrected chi connectivity index (χ1v) is 10.5. The van der Waals surface area contributed by atoms with Gasteiger partial charge in [0, 0.05) is 11.6 Å². The molecule has 9 heteroatoms. The summed E-state index contributed by atoms with van der Waals surface area (Å²) in [6, 6.07) is 2.98. The number of benzene rings is 1. The maximum Gasteiger partial charge on any atom is 0.326 e. The minimum atomic E-state index is -3.86. The molecule has 0 spiro atoms. The van der Waals surface area contributed by atoms with Crippen molar-refractivity contribution in [3.8, 4) is 5.75 Å². The molecule has 1 atom stereocenters. The van der Waals surface area contributed by atoms with Crippen LogP contribution >= 0.6 is 0 Å². The van der Waals surface area contributed by atoms with Crippen molar-refractivity contribution in [2.75, 3.05) is 7.11 Å². The fourth-order valence-electron chi connectivity index (χ4n) is 3.39. The lowest BCUT2D eigenvalue weighted by Gasteiger charge is -2.17. The Bertz CT molecular complexity index is 828. The third-order valence-electron chi connectivity index (χ3n) is 5.04. The zero-order valence-electron chi connectivity index (χ0n) is 15.1. The zero-order chi connectivity index (χ0) is 19.6. The summed E-state index contributed by atoms with van der Waals surface area (Å²) in [6.07, 6.45) is 5.03. The van der Waals surface area contributed by atoms with Crippen LogP contribution in [0.2, 0.25) is 0 Å². The maximum atomic E-state index is 12.8. The van der Waals surface area contributed by atoms with Crippen molar-refractivity contribution in [3.63, 3.8) is 0 Å². The molecule has 3 rings (SSSR count). The van der Waals surface area contributed by atoms with Crippen LogP contribution in [0, 0.1) is 5.92 Å². The summed E-state index contributed by atoms with van der Waals surface area (Å²) in [5.41, 5.74) is 0.0782. The Morgan fingerprint density at radius 1 is 1.19 bits per heavy atom. The van der Waals surface area contributed by atoms with E-state index in [1.165, 1.54) is 25.3 Å². The monoisotopic (exact) mass is 396 g/mol. The highest BCUT2D eigenvalue weighted by Crippen LogP contribution is 2.33. The first-order valence-electron chi connectivity index (χ1n) is 9.06. The van der Waals surface area contributed by atoms with Gasteiger partial charge in [-0.1, -0.05) is 12.8 Å². The highest BCUT2D eigenvalue weighted by molar-refractivity contribution is 7.89. The van der Waals surface area contributed by atoms with Gasteiger partial charge in [-0.15, -0.1) is 0 Å². The van der Waals surface area contributed by atoms with Crippen LogP contribution < -0.4 is 14.8 Å². The van der Waals surface area contributed by atoms with Crippen molar-refractivity contribution in [1.82, 2.24) is 10.0 Å². The first kappa shape index (κ1) is 19.6. The van der Waals surface area contributed by atoms with Gasteiger partial charge in [-0.3, -0.25) is 4.79 Å². The molecule has 1 aromatic rings. The van der Waals surface area contributed by atoms with Gasteiger partial charge in [0.05, 0.1) is 7.11 Å². The zero-order valence-corrected chi connectivity index (χ0v) is 15.9. The number of carbonyl (C=O) groups is 2. The summed E-state index contributed by atoms with van der Waals surface area (Å²) in [7, 11) is -2.50. The molecule has 0 bridgehead atoms. The maximum absolute atomic E-state index is 12.8. The van der Waals surface area contributed by atoms with E-state index in [9.17, 15) is 23.1 Å². The summed E-state index contributed by atoms with van der Waals surface area (Å²) in [5.74, 6) is -1.64. The number of carboxylic acids is 1. The largest absolute Gasteiger partial charge is 0.495 e. The standard InChI is InChI=1S/C18H24N2O6S/c1-26-14-9-8-12(17(21)19-16(18(22)23)11-6-7-11)10-15(14)27(24,25)20-13-4-2-3-5-13/h8-11,13,16,20H,2-7H2,1H3,(H,19,21)(H,22,23). The van der Waals surface area contributed by atoms with Crippen molar-refractivity contribution < 1.29 is 27.9 Å². The van der Waals surface area contributed by atoms with Gasteiger partial charge in [0.15, 0.2) is 0 Å². The number of hydrogen-bond donors (Lipinski definition) is 3. The molecule has 0 saturated heterocycles. The van der Waals surface area contributed by atoms with Gasteiger partial charge in [-0.2, -0.15) is 0 Å². The predicted octanol–water partition coefficient (Wildman–Crippen LogP) is 1.51. The number of rotatable bonds is 8. The fraction of sp³-hybridized carbons (Fsp3) is 0.556. The number of sulfonamides is 1. The fourth-order valence-corrected chi connectivity index (χ4v) is 4.89. The predicted molar refractivity (Wildman–Crippen MR) is 97.2 cm³/mol. The van der Waals surface area contributed by atoms with Gasteiger partial charge < -0.3 is 15.2 Å². The van der Waals surface area contributed by atoms with Crippen molar-refractivity contribution in [1.29, 1.82) is 0 Å². The van der Waals surface area contributed by atoms with E-state index in [0.29, 0.717) is 0 Å². The summed E-state index contributed by atoms with van der Waals surface area (Å²) >= 11 is 0. The van der Waals surface area contributed by atoms with E-state index in [1.807, 2.05) is 0 Å². The van der Waals surface area contributed by atoms with E-state index in [0.717, 1.165) is 38.5 Å². The molecular formula is C18H24N2O6S. The topological polar surface area (TPSA) is 122 Å². The van der Waals surface area contributed by atoms with Crippen LogP contribution in [0.4, 0.5) is 0 Å². The summed E-state index contributed by atoms with van der Waals surface area (Å²) in [6.45, 7) is 0. The van der Waals surface area contributed by atoms with E-state index in [2.05, 4.69) is 10.0 Å². The molecule has 2 fully saturated rings. The third kappa shape index (κ3) is 4.59. The number of methoxy groups -OCH3 is 1. The summed E-state index contributed by atoms with van der Waals surface area (Å²) in [5, 5.41) is 11.8. The van der Waals surface area contributed by atoms with E-state index < -0.39 is 27.9 Å². The van der Waals surface area contributed by atoms with Crippen molar-refractivity contribution in [3.05, 3.63) is 23.8 Å². The molecule has 2 aliphatic rings. The van der Waals surface area contributed by atoms with Crippen molar-refractivity contribution in [2.24, 2.45) is 5.92 Å². The minimum absolute atomic E-state index is 0.0723. The molecule has 148 valence electrons. The van der Waals surface area contributed by atoms with Crippen LogP contribution in [0.3, 0.4) is 0 Å². The van der Waals surface area contributed by atoms with E-state index in [1.54, 1.807) is 0 Å². The minimum Gasteiger partial charge on any atom is -0.495 e. The molecule has 1 unspecified atom stereocenters. The van der Waals surface area contributed by atoms with Crippen LogP contribution in [0.15, 0.2) is 23.1 Å². The smallest absolute Gasteiger partial charge is 0.326 e. The second kappa shape index (κ2) is 7.85. The molecule has 1 amide bonds. The molecule has 0 radical (unpaired) electrons. The molecule has 8 nitrogen and oxygen atoms in total. The Labute approximate surface area is 158 Å². The highest BCUT2D eigenvalue weighted by atomic mass is 32.2. The number of amides is 1. The Morgan fingerprint density at radius 2 is 1.85 bits per heavy atom. The number of ether oxygens (including phenoxy) is 1. The normalized spacial score (nSPS) is 18.9. The number of carbonyl (C=O) groups excluding carboxylic acids is 1. The molecule has 0 heterocycles. The summed E-state index contributed by atoms with van der Waals surface area (Å²) in [4.78, 5) is 23.7. The number of hydrogen-bond acceptors (Lipinski definition) is 5. The molecule has 1 aromatic carbocycles. The Hall–Kier alpha value is -2.13. The lowest BCUT2D eigenvalue weighted by molar-refractivity contribution is -0.139.